The highest BCUT2D eigenvalue weighted by atomic mass is 32.1. The van der Waals surface area contributed by atoms with Crippen LogP contribution in [0.2, 0.25) is 0 Å². The van der Waals surface area contributed by atoms with Crippen LogP contribution in [-0.2, 0) is 38.6 Å². The zero-order valence-electron chi connectivity index (χ0n) is 23.3. The van der Waals surface area contributed by atoms with E-state index in [1.165, 1.54) is 16.2 Å². The van der Waals surface area contributed by atoms with E-state index >= 15 is 0 Å². The molecule has 2 aromatic carbocycles. The van der Waals surface area contributed by atoms with Crippen molar-refractivity contribution < 1.29 is 23.9 Å². The first kappa shape index (κ1) is 28.6. The number of thiazole rings is 1. The molecular weight excluding hydrogens is 542 g/mol. The van der Waals surface area contributed by atoms with Gasteiger partial charge in [0.2, 0.25) is 17.7 Å². The Bertz CT molecular complexity index is 1430. The lowest BCUT2D eigenvalue weighted by Gasteiger charge is -2.39. The van der Waals surface area contributed by atoms with E-state index in [-0.39, 0.29) is 43.2 Å². The van der Waals surface area contributed by atoms with Gasteiger partial charge in [0.15, 0.2) is 5.13 Å². The third-order valence-electron chi connectivity index (χ3n) is 7.40. The first-order chi connectivity index (χ1) is 19.7. The standard InChI is InChI=1S/C30H35N5O5S/c1-19-26(41-30(31)32-19)15-29(38)35-12-11-25-24(16-35)33-27(36)17-34(2)28(37)10-9-20-5-3-7-22(13-20)40-23-8-4-6-21(14-23)18-39-25/h3-8,13-14,24-25H,9-12,15-18H2,1-2H3,(H2,31,32)(H,33,36)/t24-,25+/m0/s1. The molecule has 3 aromatic rings. The van der Waals surface area contributed by atoms with Crippen LogP contribution in [0.5, 0.6) is 11.5 Å². The van der Waals surface area contributed by atoms with Gasteiger partial charge in [-0.25, -0.2) is 4.98 Å². The molecule has 0 saturated carbocycles. The summed E-state index contributed by atoms with van der Waals surface area (Å²) in [6.45, 7) is 2.88. The number of ether oxygens (including phenoxy) is 2. The van der Waals surface area contributed by atoms with Crippen LogP contribution in [-0.4, -0.2) is 71.3 Å². The summed E-state index contributed by atoms with van der Waals surface area (Å²) >= 11 is 1.32. The van der Waals surface area contributed by atoms with Gasteiger partial charge in [-0.2, -0.15) is 0 Å². The van der Waals surface area contributed by atoms with Crippen LogP contribution < -0.4 is 15.8 Å². The van der Waals surface area contributed by atoms with Gasteiger partial charge in [0.05, 0.1) is 37.4 Å². The number of nitrogens with two attached hydrogens (primary N) is 1. The van der Waals surface area contributed by atoms with E-state index in [9.17, 15) is 14.4 Å². The second-order valence-corrected chi connectivity index (χ2v) is 11.7. The lowest BCUT2D eigenvalue weighted by molar-refractivity contribution is -0.138. The lowest BCUT2D eigenvalue weighted by atomic mass is 10.0. The van der Waals surface area contributed by atoms with E-state index in [1.807, 2.05) is 55.5 Å². The van der Waals surface area contributed by atoms with Gasteiger partial charge in [-0.05, 0) is 55.2 Å². The molecule has 0 radical (unpaired) electrons. The van der Waals surface area contributed by atoms with Crippen LogP contribution >= 0.6 is 11.3 Å². The molecule has 0 aliphatic carbocycles. The van der Waals surface area contributed by atoms with Crippen molar-refractivity contribution in [2.45, 2.75) is 51.4 Å². The molecule has 2 aliphatic heterocycles. The SMILES string of the molecule is Cc1nc(N)sc1CC(=O)N1CC[C@H]2OCc3cccc(c3)Oc3cccc(c3)CCC(=O)N(C)CC(=O)N[C@H]2C1. The van der Waals surface area contributed by atoms with Crippen LogP contribution in [0, 0.1) is 6.92 Å². The Morgan fingerprint density at radius 1 is 1.12 bits per heavy atom. The van der Waals surface area contributed by atoms with Crippen LogP contribution in [0.3, 0.4) is 0 Å². The molecule has 0 unspecified atom stereocenters. The molecule has 3 amide bonds. The fraction of sp³-hybridized carbons (Fsp3) is 0.400. The molecule has 1 aromatic heterocycles. The molecule has 4 bridgehead atoms. The predicted octanol–water partition coefficient (Wildman–Crippen LogP) is 3.08. The molecule has 11 heteroatoms. The highest BCUT2D eigenvalue weighted by Crippen LogP contribution is 2.26. The number of hydrogen-bond donors (Lipinski definition) is 2. The molecule has 2 aliphatic rings. The number of carbonyl (C=O) groups excluding carboxylic acids is 3. The third-order valence-corrected chi connectivity index (χ3v) is 8.39. The quantitative estimate of drug-likeness (QED) is 0.479. The molecule has 1 saturated heterocycles. The first-order valence-electron chi connectivity index (χ1n) is 13.7. The number of likely N-dealkylation sites (N-methyl/N-ethyl adjacent to an activating group) is 1. The van der Waals surface area contributed by atoms with Crippen molar-refractivity contribution in [1.29, 1.82) is 0 Å². The molecule has 3 N–H and O–H groups in total. The number of anilines is 1. The molecule has 2 atom stereocenters. The van der Waals surface area contributed by atoms with Crippen molar-refractivity contribution in [2.24, 2.45) is 0 Å². The van der Waals surface area contributed by atoms with Gasteiger partial charge >= 0.3 is 0 Å². The largest absolute Gasteiger partial charge is 0.457 e. The molecule has 3 heterocycles. The van der Waals surface area contributed by atoms with E-state index < -0.39 is 6.04 Å². The van der Waals surface area contributed by atoms with Crippen molar-refractivity contribution in [3.05, 3.63) is 70.2 Å². The number of nitrogens with zero attached hydrogens (tertiary/aromatic N) is 3. The van der Waals surface area contributed by atoms with E-state index in [2.05, 4.69) is 10.3 Å². The van der Waals surface area contributed by atoms with Crippen LogP contribution in [0.15, 0.2) is 48.5 Å². The van der Waals surface area contributed by atoms with E-state index in [4.69, 9.17) is 15.2 Å². The Hall–Kier alpha value is -3.96. The number of rotatable bonds is 2. The summed E-state index contributed by atoms with van der Waals surface area (Å²) in [6, 6.07) is 14.9. The number of aromatic nitrogens is 1. The molecule has 10 nitrogen and oxygen atoms in total. The molecular formula is C30H35N5O5S. The van der Waals surface area contributed by atoms with Gasteiger partial charge in [0, 0.05) is 31.4 Å². The van der Waals surface area contributed by atoms with Crippen LogP contribution in [0.25, 0.3) is 0 Å². The number of piperidine rings is 1. The number of hydrogen-bond acceptors (Lipinski definition) is 8. The van der Waals surface area contributed by atoms with Gasteiger partial charge in [-0.3, -0.25) is 14.4 Å². The van der Waals surface area contributed by atoms with Gasteiger partial charge in [-0.15, -0.1) is 11.3 Å². The zero-order chi connectivity index (χ0) is 28.9. The summed E-state index contributed by atoms with van der Waals surface area (Å²) < 4.78 is 12.4. The number of fused-ring (bicyclic) bond motifs is 5. The molecule has 216 valence electrons. The number of aryl methyl sites for hydroxylation is 2. The summed E-state index contributed by atoms with van der Waals surface area (Å²) in [5, 5.41) is 3.48. The van der Waals surface area contributed by atoms with E-state index in [0.29, 0.717) is 49.2 Å². The van der Waals surface area contributed by atoms with Gasteiger partial charge in [0.25, 0.3) is 0 Å². The minimum absolute atomic E-state index is 0.0516. The molecule has 0 spiro atoms. The zero-order valence-corrected chi connectivity index (χ0v) is 24.1. The first-order valence-corrected chi connectivity index (χ1v) is 14.6. The predicted molar refractivity (Wildman–Crippen MR) is 156 cm³/mol. The maximum Gasteiger partial charge on any atom is 0.239 e. The summed E-state index contributed by atoms with van der Waals surface area (Å²) in [5.41, 5.74) is 8.49. The highest BCUT2D eigenvalue weighted by Gasteiger charge is 2.34. The van der Waals surface area contributed by atoms with Crippen molar-refractivity contribution in [2.75, 3.05) is 32.4 Å². The number of likely N-dealkylation sites (tertiary alicyclic amines) is 1. The molecule has 41 heavy (non-hydrogen) atoms. The smallest absolute Gasteiger partial charge is 0.239 e. The average Bonchev–Trinajstić information content (AvgIpc) is 3.26. The lowest BCUT2D eigenvalue weighted by Crippen LogP contribution is -2.58. The Labute approximate surface area is 243 Å². The maximum absolute atomic E-state index is 13.2. The minimum atomic E-state index is -0.436. The maximum atomic E-state index is 13.2. The van der Waals surface area contributed by atoms with E-state index in [1.54, 1.807) is 11.9 Å². The number of nitrogen functional groups attached to an aromatic ring is 1. The Balaban J connectivity index is 1.34. The summed E-state index contributed by atoms with van der Waals surface area (Å²) in [4.78, 5) is 47.4. The van der Waals surface area contributed by atoms with Crippen LogP contribution in [0.1, 0.15) is 34.5 Å². The van der Waals surface area contributed by atoms with Crippen LogP contribution in [0.4, 0.5) is 5.13 Å². The van der Waals surface area contributed by atoms with Gasteiger partial charge in [-0.1, -0.05) is 24.3 Å². The molecule has 1 fully saturated rings. The summed E-state index contributed by atoms with van der Waals surface area (Å²) in [6.07, 6.45) is 1.24. The van der Waals surface area contributed by atoms with Crippen molar-refractivity contribution in [1.82, 2.24) is 20.1 Å². The Morgan fingerprint density at radius 2 is 1.85 bits per heavy atom. The fourth-order valence-electron chi connectivity index (χ4n) is 5.16. The second kappa shape index (κ2) is 12.7. The monoisotopic (exact) mass is 577 g/mol. The highest BCUT2D eigenvalue weighted by molar-refractivity contribution is 7.15. The second-order valence-electron chi connectivity index (χ2n) is 10.5. The number of benzene rings is 2. The summed E-state index contributed by atoms with van der Waals surface area (Å²) in [7, 11) is 1.63. The number of amides is 3. The normalized spacial score (nSPS) is 20.3. The fourth-order valence-corrected chi connectivity index (χ4v) is 5.98. The van der Waals surface area contributed by atoms with Crippen molar-refractivity contribution in [3.63, 3.8) is 0 Å². The topological polar surface area (TPSA) is 127 Å². The third kappa shape index (κ3) is 7.42. The van der Waals surface area contributed by atoms with Gasteiger partial charge < -0.3 is 30.3 Å². The van der Waals surface area contributed by atoms with Crippen molar-refractivity contribution >= 4 is 34.2 Å². The molecule has 5 rings (SSSR count). The Morgan fingerprint density at radius 3 is 2.59 bits per heavy atom. The van der Waals surface area contributed by atoms with Gasteiger partial charge in [0.1, 0.15) is 11.5 Å². The summed E-state index contributed by atoms with van der Waals surface area (Å²) in [5.74, 6) is 0.898. The number of carbonyl (C=O) groups is 3. The number of nitrogens with one attached hydrogen (secondary N) is 1. The Kier molecular flexibility index (Phi) is 8.84. The van der Waals surface area contributed by atoms with Crippen molar-refractivity contribution in [3.8, 4) is 11.5 Å². The van der Waals surface area contributed by atoms with E-state index in [0.717, 1.165) is 21.7 Å². The average molecular weight is 578 g/mol. The minimum Gasteiger partial charge on any atom is -0.457 e.